The summed E-state index contributed by atoms with van der Waals surface area (Å²) in [6.45, 7) is 12.9. The van der Waals surface area contributed by atoms with Gasteiger partial charge in [0.15, 0.2) is 6.54 Å². The fourth-order valence-electron chi connectivity index (χ4n) is 1.73. The highest BCUT2D eigenvalue weighted by atomic mass is 15.2. The van der Waals surface area contributed by atoms with E-state index in [1.807, 2.05) is 0 Å². The van der Waals surface area contributed by atoms with Crippen molar-refractivity contribution >= 4 is 5.71 Å². The Kier molecular flexibility index (Phi) is 3.73. The number of hydrogen-bond acceptors (Lipinski definition) is 1. The van der Waals surface area contributed by atoms with Crippen LogP contribution in [0.1, 0.15) is 27.2 Å². The summed E-state index contributed by atoms with van der Waals surface area (Å²) < 4.78 is 2.50. The maximum Gasteiger partial charge on any atom is 0.155 e. The predicted molar refractivity (Wildman–Crippen MR) is 53.1 cm³/mol. The lowest BCUT2D eigenvalue weighted by atomic mass is 10.4. The molecule has 1 fully saturated rings. The Morgan fingerprint density at radius 1 is 1.25 bits per heavy atom. The molecule has 0 atom stereocenters. The third kappa shape index (κ3) is 2.59. The summed E-state index contributed by atoms with van der Waals surface area (Å²) in [4.78, 5) is 2.53. The van der Waals surface area contributed by atoms with Gasteiger partial charge in [0.25, 0.3) is 0 Å². The van der Waals surface area contributed by atoms with Gasteiger partial charge in [0.05, 0.1) is 6.54 Å². The second-order valence-corrected chi connectivity index (χ2v) is 3.72. The van der Waals surface area contributed by atoms with E-state index in [1.54, 1.807) is 0 Å². The minimum absolute atomic E-state index is 1.20. The minimum Gasteiger partial charge on any atom is -0.297 e. The lowest BCUT2D eigenvalue weighted by Gasteiger charge is -2.13. The van der Waals surface area contributed by atoms with Crippen LogP contribution in [-0.2, 0) is 0 Å². The van der Waals surface area contributed by atoms with Gasteiger partial charge >= 0.3 is 0 Å². The third-order valence-electron chi connectivity index (χ3n) is 2.67. The lowest BCUT2D eigenvalue weighted by Crippen LogP contribution is -2.28. The van der Waals surface area contributed by atoms with Crippen molar-refractivity contribution in [2.75, 3.05) is 32.7 Å². The topological polar surface area (TPSA) is 6.25 Å². The molecule has 0 aliphatic carbocycles. The summed E-state index contributed by atoms with van der Waals surface area (Å²) in [7, 11) is 0. The number of nitrogens with zero attached hydrogens (tertiary/aromatic N) is 2. The highest BCUT2D eigenvalue weighted by Gasteiger charge is 2.14. The smallest absolute Gasteiger partial charge is 0.155 e. The maximum absolute atomic E-state index is 2.53. The van der Waals surface area contributed by atoms with Gasteiger partial charge in [-0.3, -0.25) is 4.90 Å². The molecule has 0 aromatic carbocycles. The van der Waals surface area contributed by atoms with E-state index in [1.165, 1.54) is 44.9 Å². The highest BCUT2D eigenvalue weighted by molar-refractivity contribution is 5.73. The van der Waals surface area contributed by atoms with Gasteiger partial charge in [0, 0.05) is 26.8 Å². The van der Waals surface area contributed by atoms with Crippen LogP contribution < -0.4 is 0 Å². The van der Waals surface area contributed by atoms with Crippen molar-refractivity contribution in [1.29, 1.82) is 0 Å². The number of likely N-dealkylation sites (N-methyl/N-ethyl adjacent to an activating group) is 1. The summed E-state index contributed by atoms with van der Waals surface area (Å²) in [6.07, 6.45) is 1.32. The average Bonchev–Trinajstić information content (AvgIpc) is 2.28. The predicted octanol–water partition coefficient (Wildman–Crippen LogP) is 1.21. The van der Waals surface area contributed by atoms with Crippen molar-refractivity contribution in [3.8, 4) is 0 Å². The molecular weight excluding hydrogens is 148 g/mol. The summed E-state index contributed by atoms with van der Waals surface area (Å²) >= 11 is 0. The van der Waals surface area contributed by atoms with Crippen LogP contribution in [0.5, 0.6) is 0 Å². The Bertz CT molecular complexity index is 169. The van der Waals surface area contributed by atoms with E-state index in [0.29, 0.717) is 0 Å². The van der Waals surface area contributed by atoms with Crippen molar-refractivity contribution in [2.45, 2.75) is 27.2 Å². The Morgan fingerprint density at radius 2 is 2.00 bits per heavy atom. The Labute approximate surface area is 75.9 Å². The van der Waals surface area contributed by atoms with Crippen LogP contribution in [0.3, 0.4) is 0 Å². The molecule has 1 rings (SSSR count). The molecule has 12 heavy (non-hydrogen) atoms. The Hall–Kier alpha value is -0.370. The first-order chi connectivity index (χ1) is 5.74. The van der Waals surface area contributed by atoms with Gasteiger partial charge in [0.2, 0.25) is 0 Å². The van der Waals surface area contributed by atoms with Crippen LogP contribution in [0.15, 0.2) is 0 Å². The number of rotatable bonds is 1. The largest absolute Gasteiger partial charge is 0.297 e. The van der Waals surface area contributed by atoms with E-state index in [4.69, 9.17) is 0 Å². The van der Waals surface area contributed by atoms with Crippen LogP contribution in [-0.4, -0.2) is 47.9 Å². The van der Waals surface area contributed by atoms with Crippen LogP contribution in [0.25, 0.3) is 0 Å². The van der Waals surface area contributed by atoms with Crippen LogP contribution in [0.2, 0.25) is 0 Å². The van der Waals surface area contributed by atoms with Crippen molar-refractivity contribution in [1.82, 2.24) is 4.90 Å². The first kappa shape index (κ1) is 9.72. The zero-order chi connectivity index (χ0) is 8.97. The van der Waals surface area contributed by atoms with Gasteiger partial charge < -0.3 is 0 Å². The molecule has 0 N–H and O–H groups in total. The molecular formula is C10H21N2+. The molecule has 70 valence electrons. The van der Waals surface area contributed by atoms with Crippen LogP contribution in [0, 0.1) is 0 Å². The fraction of sp³-hybridized carbons (Fsp3) is 0.900. The van der Waals surface area contributed by atoms with E-state index in [0.717, 1.165) is 0 Å². The number of hydrogen-bond donors (Lipinski definition) is 0. The normalized spacial score (nSPS) is 20.8. The van der Waals surface area contributed by atoms with Gasteiger partial charge in [0.1, 0.15) is 12.3 Å². The zero-order valence-corrected chi connectivity index (χ0v) is 8.64. The van der Waals surface area contributed by atoms with E-state index in [-0.39, 0.29) is 0 Å². The summed E-state index contributed by atoms with van der Waals surface area (Å²) in [5, 5.41) is 0. The van der Waals surface area contributed by atoms with Gasteiger partial charge in [-0.2, -0.15) is 0 Å². The van der Waals surface area contributed by atoms with Crippen molar-refractivity contribution < 1.29 is 4.58 Å². The molecule has 1 aliphatic rings. The van der Waals surface area contributed by atoms with Gasteiger partial charge in [-0.25, -0.2) is 4.58 Å². The van der Waals surface area contributed by atoms with Crippen LogP contribution in [0.4, 0.5) is 0 Å². The van der Waals surface area contributed by atoms with Crippen molar-refractivity contribution in [2.24, 2.45) is 0 Å². The standard InChI is InChI=1S/C10H21N2/c1-4-11-6-5-7-12(9-8-11)10(2)3/h4-9H2,1-3H3/q+1. The first-order valence-electron chi connectivity index (χ1n) is 5.01. The molecule has 0 aromatic rings. The molecule has 0 amide bonds. The molecule has 1 aliphatic heterocycles. The molecule has 0 unspecified atom stereocenters. The van der Waals surface area contributed by atoms with Gasteiger partial charge in [-0.1, -0.05) is 6.92 Å². The quantitative estimate of drug-likeness (QED) is 0.535. The SMILES string of the molecule is CCN1CCC[N+](=C(C)C)CC1. The molecule has 2 heteroatoms. The van der Waals surface area contributed by atoms with Crippen molar-refractivity contribution in [3.05, 3.63) is 0 Å². The third-order valence-corrected chi connectivity index (χ3v) is 2.67. The molecule has 0 saturated carbocycles. The first-order valence-corrected chi connectivity index (χ1v) is 5.01. The average molecular weight is 169 g/mol. The van der Waals surface area contributed by atoms with E-state index >= 15 is 0 Å². The van der Waals surface area contributed by atoms with Crippen LogP contribution >= 0.6 is 0 Å². The molecule has 0 spiro atoms. The minimum atomic E-state index is 1.20. The molecule has 0 radical (unpaired) electrons. The lowest BCUT2D eigenvalue weighted by molar-refractivity contribution is -0.525. The monoisotopic (exact) mass is 169 g/mol. The molecule has 1 saturated heterocycles. The summed E-state index contributed by atoms with van der Waals surface area (Å²) in [6, 6.07) is 0. The second-order valence-electron chi connectivity index (χ2n) is 3.72. The Balaban J connectivity index is 2.50. The van der Waals surface area contributed by atoms with E-state index in [2.05, 4.69) is 30.2 Å². The highest BCUT2D eigenvalue weighted by Crippen LogP contribution is 1.98. The molecule has 0 aromatic heterocycles. The summed E-state index contributed by atoms with van der Waals surface area (Å²) in [5.41, 5.74) is 1.47. The summed E-state index contributed by atoms with van der Waals surface area (Å²) in [5.74, 6) is 0. The van der Waals surface area contributed by atoms with Crippen molar-refractivity contribution in [3.63, 3.8) is 0 Å². The fourth-order valence-corrected chi connectivity index (χ4v) is 1.73. The Morgan fingerprint density at radius 3 is 2.58 bits per heavy atom. The maximum atomic E-state index is 2.53. The molecule has 2 nitrogen and oxygen atoms in total. The zero-order valence-electron chi connectivity index (χ0n) is 8.64. The van der Waals surface area contributed by atoms with E-state index < -0.39 is 0 Å². The van der Waals surface area contributed by atoms with E-state index in [9.17, 15) is 0 Å². The van der Waals surface area contributed by atoms with Gasteiger partial charge in [-0.05, 0) is 6.54 Å². The second kappa shape index (κ2) is 4.61. The molecule has 0 bridgehead atoms. The molecule has 1 heterocycles. The van der Waals surface area contributed by atoms with Gasteiger partial charge in [-0.15, -0.1) is 0 Å².